The van der Waals surface area contributed by atoms with E-state index in [1.54, 1.807) is 0 Å². The van der Waals surface area contributed by atoms with Gasteiger partial charge in [-0.05, 0) is 31.0 Å². The van der Waals surface area contributed by atoms with Crippen molar-refractivity contribution >= 4 is 0 Å². The highest BCUT2D eigenvalue weighted by Crippen LogP contribution is 2.02. The standard InChI is InChI=1S/C15H23N/c1-3-12-16(13-4-2)14-8-11-15-9-6-5-7-10-15/h5-10,14H,3-4,11-13H2,1-2H3. The Kier molecular flexibility index (Phi) is 6.39. The quantitative estimate of drug-likeness (QED) is 0.670. The number of allylic oxidation sites excluding steroid dienone is 1. The lowest BCUT2D eigenvalue weighted by atomic mass is 10.1. The lowest BCUT2D eigenvalue weighted by molar-refractivity contribution is 0.375. The van der Waals surface area contributed by atoms with Gasteiger partial charge in [-0.1, -0.05) is 50.3 Å². The molecule has 0 N–H and O–H groups in total. The number of rotatable bonds is 7. The van der Waals surface area contributed by atoms with E-state index in [4.69, 9.17) is 0 Å². The first-order valence-corrected chi connectivity index (χ1v) is 6.31. The molecule has 0 heterocycles. The summed E-state index contributed by atoms with van der Waals surface area (Å²) in [5.41, 5.74) is 1.38. The van der Waals surface area contributed by atoms with E-state index in [1.807, 2.05) is 0 Å². The molecule has 0 saturated heterocycles. The van der Waals surface area contributed by atoms with Crippen molar-refractivity contribution in [3.05, 3.63) is 48.2 Å². The minimum Gasteiger partial charge on any atom is -0.378 e. The first-order valence-electron chi connectivity index (χ1n) is 6.31. The number of nitrogens with zero attached hydrogens (tertiary/aromatic N) is 1. The fourth-order valence-corrected chi connectivity index (χ4v) is 1.79. The van der Waals surface area contributed by atoms with Crippen LogP contribution in [-0.4, -0.2) is 18.0 Å². The first kappa shape index (κ1) is 12.8. The van der Waals surface area contributed by atoms with Crippen molar-refractivity contribution in [1.82, 2.24) is 4.90 Å². The Morgan fingerprint density at radius 3 is 2.19 bits per heavy atom. The molecule has 0 spiro atoms. The molecule has 0 amide bonds. The molecule has 0 saturated carbocycles. The van der Waals surface area contributed by atoms with E-state index in [9.17, 15) is 0 Å². The van der Waals surface area contributed by atoms with Crippen LogP contribution >= 0.6 is 0 Å². The summed E-state index contributed by atoms with van der Waals surface area (Å²) in [5, 5.41) is 0. The van der Waals surface area contributed by atoms with Gasteiger partial charge in [0, 0.05) is 13.1 Å². The summed E-state index contributed by atoms with van der Waals surface area (Å²) in [6.07, 6.45) is 7.98. The van der Waals surface area contributed by atoms with Gasteiger partial charge in [0.2, 0.25) is 0 Å². The molecule has 1 rings (SSSR count). The van der Waals surface area contributed by atoms with Crippen LogP contribution in [0, 0.1) is 0 Å². The van der Waals surface area contributed by atoms with Gasteiger partial charge in [0.1, 0.15) is 0 Å². The Labute approximate surface area is 99.8 Å². The molecule has 0 fully saturated rings. The molecule has 88 valence electrons. The van der Waals surface area contributed by atoms with Gasteiger partial charge in [-0.2, -0.15) is 0 Å². The minimum atomic E-state index is 1.03. The maximum atomic E-state index is 2.41. The molecule has 1 aromatic carbocycles. The lowest BCUT2D eigenvalue weighted by Crippen LogP contribution is -2.18. The zero-order valence-electron chi connectivity index (χ0n) is 10.5. The van der Waals surface area contributed by atoms with E-state index in [1.165, 1.54) is 31.5 Å². The summed E-state index contributed by atoms with van der Waals surface area (Å²) < 4.78 is 0. The Balaban J connectivity index is 2.39. The SMILES string of the molecule is CCCN(C=CCc1ccccc1)CCC. The van der Waals surface area contributed by atoms with Crippen LogP contribution in [0.4, 0.5) is 0 Å². The first-order chi connectivity index (χ1) is 7.86. The van der Waals surface area contributed by atoms with Crippen LogP contribution in [0.2, 0.25) is 0 Å². The molecule has 0 aromatic heterocycles. The molecule has 1 heteroatoms. The number of hydrogen-bond acceptors (Lipinski definition) is 1. The van der Waals surface area contributed by atoms with Gasteiger partial charge in [-0.25, -0.2) is 0 Å². The van der Waals surface area contributed by atoms with Crippen LogP contribution < -0.4 is 0 Å². The van der Waals surface area contributed by atoms with E-state index >= 15 is 0 Å². The maximum absolute atomic E-state index is 2.41. The van der Waals surface area contributed by atoms with Gasteiger partial charge < -0.3 is 4.90 Å². The average molecular weight is 217 g/mol. The Hall–Kier alpha value is -1.24. The summed E-state index contributed by atoms with van der Waals surface area (Å²) in [4.78, 5) is 2.41. The van der Waals surface area contributed by atoms with Crippen LogP contribution in [0.25, 0.3) is 0 Å². The monoisotopic (exact) mass is 217 g/mol. The zero-order valence-corrected chi connectivity index (χ0v) is 10.5. The summed E-state index contributed by atoms with van der Waals surface area (Å²) in [7, 11) is 0. The third-order valence-corrected chi connectivity index (χ3v) is 2.53. The van der Waals surface area contributed by atoms with E-state index in [2.05, 4.69) is 61.4 Å². The molecule has 0 bridgehead atoms. The Bertz CT molecular complexity index is 284. The highest BCUT2D eigenvalue weighted by atomic mass is 15.1. The van der Waals surface area contributed by atoms with Crippen LogP contribution in [0.1, 0.15) is 32.3 Å². The normalized spacial score (nSPS) is 10.9. The van der Waals surface area contributed by atoms with E-state index in [0.29, 0.717) is 0 Å². The van der Waals surface area contributed by atoms with Crippen molar-refractivity contribution in [1.29, 1.82) is 0 Å². The summed E-state index contributed by atoms with van der Waals surface area (Å²) in [6.45, 7) is 6.79. The van der Waals surface area contributed by atoms with Gasteiger partial charge >= 0.3 is 0 Å². The minimum absolute atomic E-state index is 1.03. The van der Waals surface area contributed by atoms with Crippen LogP contribution in [0.5, 0.6) is 0 Å². The molecule has 0 unspecified atom stereocenters. The van der Waals surface area contributed by atoms with Crippen molar-refractivity contribution in [2.45, 2.75) is 33.1 Å². The van der Waals surface area contributed by atoms with Gasteiger partial charge in [0.25, 0.3) is 0 Å². The smallest absolute Gasteiger partial charge is 0.0169 e. The van der Waals surface area contributed by atoms with Gasteiger partial charge in [-0.15, -0.1) is 0 Å². The maximum Gasteiger partial charge on any atom is 0.0169 e. The predicted octanol–water partition coefficient (Wildman–Crippen LogP) is 3.86. The van der Waals surface area contributed by atoms with Crippen molar-refractivity contribution in [3.8, 4) is 0 Å². The third-order valence-electron chi connectivity index (χ3n) is 2.53. The molecule has 0 aliphatic rings. The second-order valence-electron chi connectivity index (χ2n) is 4.11. The average Bonchev–Trinajstić information content (AvgIpc) is 2.31. The van der Waals surface area contributed by atoms with Crippen molar-refractivity contribution in [2.24, 2.45) is 0 Å². The van der Waals surface area contributed by atoms with E-state index in [0.717, 1.165) is 6.42 Å². The van der Waals surface area contributed by atoms with Crippen molar-refractivity contribution in [3.63, 3.8) is 0 Å². The molecule has 0 atom stereocenters. The van der Waals surface area contributed by atoms with Crippen LogP contribution in [0.3, 0.4) is 0 Å². The molecule has 16 heavy (non-hydrogen) atoms. The van der Waals surface area contributed by atoms with Gasteiger partial charge in [-0.3, -0.25) is 0 Å². The largest absolute Gasteiger partial charge is 0.378 e. The Morgan fingerprint density at radius 2 is 1.62 bits per heavy atom. The van der Waals surface area contributed by atoms with Gasteiger partial charge in [0.15, 0.2) is 0 Å². The fraction of sp³-hybridized carbons (Fsp3) is 0.467. The molecule has 0 radical (unpaired) electrons. The molecule has 1 nitrogen and oxygen atoms in total. The van der Waals surface area contributed by atoms with E-state index < -0.39 is 0 Å². The molecule has 1 aromatic rings. The topological polar surface area (TPSA) is 3.24 Å². The van der Waals surface area contributed by atoms with Gasteiger partial charge in [0.05, 0.1) is 0 Å². The summed E-state index contributed by atoms with van der Waals surface area (Å²) in [6, 6.07) is 10.6. The fourth-order valence-electron chi connectivity index (χ4n) is 1.79. The van der Waals surface area contributed by atoms with Crippen molar-refractivity contribution in [2.75, 3.05) is 13.1 Å². The third kappa shape index (κ3) is 5.01. The summed E-state index contributed by atoms with van der Waals surface area (Å²) in [5.74, 6) is 0. The predicted molar refractivity (Wildman–Crippen MR) is 71.4 cm³/mol. The van der Waals surface area contributed by atoms with Crippen LogP contribution in [0.15, 0.2) is 42.6 Å². The Morgan fingerprint density at radius 1 is 1.00 bits per heavy atom. The molecular weight excluding hydrogens is 194 g/mol. The number of hydrogen-bond donors (Lipinski definition) is 0. The molecule has 0 aliphatic carbocycles. The number of benzene rings is 1. The second kappa shape index (κ2) is 7.98. The van der Waals surface area contributed by atoms with Crippen LogP contribution in [-0.2, 0) is 6.42 Å². The molecule has 0 aliphatic heterocycles. The second-order valence-corrected chi connectivity index (χ2v) is 4.11. The summed E-state index contributed by atoms with van der Waals surface area (Å²) >= 11 is 0. The lowest BCUT2D eigenvalue weighted by Gasteiger charge is -2.18. The highest BCUT2D eigenvalue weighted by Gasteiger charge is 1.94. The highest BCUT2D eigenvalue weighted by molar-refractivity contribution is 5.17. The zero-order chi connectivity index (χ0) is 11.6. The molecular formula is C15H23N. The van der Waals surface area contributed by atoms with Crippen molar-refractivity contribution < 1.29 is 0 Å². The van der Waals surface area contributed by atoms with E-state index in [-0.39, 0.29) is 0 Å².